The number of rotatable bonds is 1. The van der Waals surface area contributed by atoms with E-state index in [0.29, 0.717) is 5.56 Å². The summed E-state index contributed by atoms with van der Waals surface area (Å²) in [5.74, 6) is -0.290. The van der Waals surface area contributed by atoms with Gasteiger partial charge in [0, 0.05) is 6.20 Å². The smallest absolute Gasteiger partial charge is 0.123 e. The van der Waals surface area contributed by atoms with Crippen LogP contribution in [-0.4, -0.2) is 9.78 Å². The maximum atomic E-state index is 12.6. The van der Waals surface area contributed by atoms with Crippen LogP contribution in [0.3, 0.4) is 0 Å². The summed E-state index contributed by atoms with van der Waals surface area (Å²) in [6.07, 6.45) is 3.05. The average Bonchev–Trinajstić information content (AvgIpc) is 2.67. The minimum atomic E-state index is -0.290. The zero-order valence-electron chi connectivity index (χ0n) is 7.18. The number of benzene rings is 1. The monoisotopic (exact) mass is 187 g/mol. The van der Waals surface area contributed by atoms with Crippen molar-refractivity contribution in [3.8, 4) is 11.8 Å². The molecule has 0 aliphatic carbocycles. The van der Waals surface area contributed by atoms with Crippen molar-refractivity contribution in [2.45, 2.75) is 0 Å². The molecule has 3 nitrogen and oxygen atoms in total. The summed E-state index contributed by atoms with van der Waals surface area (Å²) in [5.41, 5.74) is 1.21. The highest BCUT2D eigenvalue weighted by atomic mass is 19.1. The zero-order valence-corrected chi connectivity index (χ0v) is 7.18. The van der Waals surface area contributed by atoms with Crippen molar-refractivity contribution < 1.29 is 4.39 Å². The normalized spacial score (nSPS) is 9.71. The van der Waals surface area contributed by atoms with Gasteiger partial charge in [0.15, 0.2) is 0 Å². The van der Waals surface area contributed by atoms with Crippen LogP contribution >= 0.6 is 0 Å². The Bertz CT molecular complexity index is 479. The standard InChI is InChI=1S/C10H6FN3/c11-9-1-3-10(4-2-9)14-7-8(5-12)6-13-14/h1-4,6-7H. The van der Waals surface area contributed by atoms with E-state index < -0.39 is 0 Å². The summed E-state index contributed by atoms with van der Waals surface area (Å²) < 4.78 is 14.1. The highest BCUT2D eigenvalue weighted by Gasteiger charge is 1.99. The number of hydrogen-bond donors (Lipinski definition) is 0. The van der Waals surface area contributed by atoms with Gasteiger partial charge in [-0.3, -0.25) is 0 Å². The Labute approximate surface area is 80.0 Å². The minimum Gasteiger partial charge on any atom is -0.240 e. The Morgan fingerprint density at radius 2 is 2.00 bits per heavy atom. The Hall–Kier alpha value is -2.15. The van der Waals surface area contributed by atoms with E-state index in [0.717, 1.165) is 5.69 Å². The second-order valence-electron chi connectivity index (χ2n) is 2.76. The lowest BCUT2D eigenvalue weighted by molar-refractivity contribution is 0.627. The Morgan fingerprint density at radius 1 is 1.29 bits per heavy atom. The van der Waals surface area contributed by atoms with Crippen LogP contribution in [0.5, 0.6) is 0 Å². The van der Waals surface area contributed by atoms with E-state index in [-0.39, 0.29) is 5.82 Å². The minimum absolute atomic E-state index is 0.290. The van der Waals surface area contributed by atoms with Gasteiger partial charge >= 0.3 is 0 Å². The number of hydrogen-bond acceptors (Lipinski definition) is 2. The lowest BCUT2D eigenvalue weighted by Gasteiger charge is -1.98. The number of halogens is 1. The van der Waals surface area contributed by atoms with Crippen LogP contribution in [0.1, 0.15) is 5.56 Å². The highest BCUT2D eigenvalue weighted by molar-refractivity contribution is 5.33. The first kappa shape index (κ1) is 8.45. The molecule has 68 valence electrons. The first-order valence-corrected chi connectivity index (χ1v) is 4.00. The maximum Gasteiger partial charge on any atom is 0.123 e. The molecule has 1 aromatic carbocycles. The van der Waals surface area contributed by atoms with Gasteiger partial charge in [0.2, 0.25) is 0 Å². The molecule has 1 heterocycles. The number of nitriles is 1. The molecule has 0 unspecified atom stereocenters. The fourth-order valence-electron chi connectivity index (χ4n) is 1.12. The summed E-state index contributed by atoms with van der Waals surface area (Å²) >= 11 is 0. The van der Waals surface area contributed by atoms with Gasteiger partial charge in [-0.05, 0) is 24.3 Å². The molecule has 2 rings (SSSR count). The molecule has 0 spiro atoms. The van der Waals surface area contributed by atoms with Gasteiger partial charge in [0.05, 0.1) is 17.4 Å². The zero-order chi connectivity index (χ0) is 9.97. The van der Waals surface area contributed by atoms with E-state index >= 15 is 0 Å². The van der Waals surface area contributed by atoms with Crippen molar-refractivity contribution >= 4 is 0 Å². The summed E-state index contributed by atoms with van der Waals surface area (Å²) in [5, 5.41) is 12.5. The van der Waals surface area contributed by atoms with Crippen LogP contribution in [0.25, 0.3) is 5.69 Å². The summed E-state index contributed by atoms with van der Waals surface area (Å²) in [7, 11) is 0. The molecule has 0 bridgehead atoms. The van der Waals surface area contributed by atoms with Crippen molar-refractivity contribution in [3.05, 3.63) is 48.0 Å². The van der Waals surface area contributed by atoms with Crippen LogP contribution in [0.15, 0.2) is 36.7 Å². The van der Waals surface area contributed by atoms with Gasteiger partial charge < -0.3 is 0 Å². The molecule has 4 heteroatoms. The molecule has 0 N–H and O–H groups in total. The topological polar surface area (TPSA) is 41.6 Å². The van der Waals surface area contributed by atoms with Crippen LogP contribution < -0.4 is 0 Å². The molecular weight excluding hydrogens is 181 g/mol. The van der Waals surface area contributed by atoms with Crippen LogP contribution in [0.4, 0.5) is 4.39 Å². The van der Waals surface area contributed by atoms with Crippen molar-refractivity contribution in [2.24, 2.45) is 0 Å². The fraction of sp³-hybridized carbons (Fsp3) is 0. The summed E-state index contributed by atoms with van der Waals surface area (Å²) in [4.78, 5) is 0. The molecule has 0 saturated carbocycles. The molecule has 14 heavy (non-hydrogen) atoms. The SMILES string of the molecule is N#Cc1cnn(-c2ccc(F)cc2)c1. The highest BCUT2D eigenvalue weighted by Crippen LogP contribution is 2.08. The lowest BCUT2D eigenvalue weighted by atomic mass is 10.3. The van der Waals surface area contributed by atoms with E-state index in [1.165, 1.54) is 23.0 Å². The third-order valence-corrected chi connectivity index (χ3v) is 1.80. The van der Waals surface area contributed by atoms with Gasteiger partial charge in [0.25, 0.3) is 0 Å². The van der Waals surface area contributed by atoms with Gasteiger partial charge in [-0.2, -0.15) is 10.4 Å². The third-order valence-electron chi connectivity index (χ3n) is 1.80. The molecule has 0 aliphatic heterocycles. The maximum absolute atomic E-state index is 12.6. The number of aromatic nitrogens is 2. The summed E-state index contributed by atoms with van der Waals surface area (Å²) in [6.45, 7) is 0. The van der Waals surface area contributed by atoms with E-state index in [1.54, 1.807) is 18.3 Å². The van der Waals surface area contributed by atoms with Crippen molar-refractivity contribution in [1.29, 1.82) is 5.26 Å². The predicted octanol–water partition coefficient (Wildman–Crippen LogP) is 1.88. The largest absolute Gasteiger partial charge is 0.240 e. The van der Waals surface area contributed by atoms with E-state index in [2.05, 4.69) is 5.10 Å². The predicted molar refractivity (Wildman–Crippen MR) is 48.2 cm³/mol. The molecule has 0 saturated heterocycles. The summed E-state index contributed by atoms with van der Waals surface area (Å²) in [6, 6.07) is 7.87. The molecule has 0 fully saturated rings. The van der Waals surface area contributed by atoms with Crippen molar-refractivity contribution in [3.63, 3.8) is 0 Å². The molecule has 0 amide bonds. The first-order valence-electron chi connectivity index (χ1n) is 4.00. The second kappa shape index (κ2) is 3.30. The Morgan fingerprint density at radius 3 is 2.57 bits per heavy atom. The third kappa shape index (κ3) is 1.48. The van der Waals surface area contributed by atoms with Gasteiger partial charge in [-0.1, -0.05) is 0 Å². The molecule has 0 aliphatic rings. The van der Waals surface area contributed by atoms with Gasteiger partial charge in [0.1, 0.15) is 11.9 Å². The van der Waals surface area contributed by atoms with E-state index in [9.17, 15) is 4.39 Å². The second-order valence-corrected chi connectivity index (χ2v) is 2.76. The average molecular weight is 187 g/mol. The molecule has 1 aromatic heterocycles. The van der Waals surface area contributed by atoms with Crippen LogP contribution in [-0.2, 0) is 0 Å². The molecule has 2 aromatic rings. The molecular formula is C10H6FN3. The van der Waals surface area contributed by atoms with E-state index in [1.807, 2.05) is 6.07 Å². The lowest BCUT2D eigenvalue weighted by Crippen LogP contribution is -1.93. The molecule has 0 atom stereocenters. The number of nitrogens with zero attached hydrogens (tertiary/aromatic N) is 3. The van der Waals surface area contributed by atoms with Crippen molar-refractivity contribution in [2.75, 3.05) is 0 Å². The van der Waals surface area contributed by atoms with E-state index in [4.69, 9.17) is 5.26 Å². The fourth-order valence-corrected chi connectivity index (χ4v) is 1.12. The Kier molecular flexibility index (Phi) is 1.99. The van der Waals surface area contributed by atoms with Crippen LogP contribution in [0, 0.1) is 17.1 Å². The van der Waals surface area contributed by atoms with Gasteiger partial charge in [-0.15, -0.1) is 0 Å². The van der Waals surface area contributed by atoms with Gasteiger partial charge in [-0.25, -0.2) is 9.07 Å². The molecule has 0 radical (unpaired) electrons. The quantitative estimate of drug-likeness (QED) is 0.684. The van der Waals surface area contributed by atoms with Crippen molar-refractivity contribution in [1.82, 2.24) is 9.78 Å². The van der Waals surface area contributed by atoms with Crippen LogP contribution in [0.2, 0.25) is 0 Å². The Balaban J connectivity index is 2.40. The first-order chi connectivity index (χ1) is 6.79.